The van der Waals surface area contributed by atoms with Crippen LogP contribution in [0.4, 0.5) is 0 Å². The number of piperidine rings is 1. The van der Waals surface area contributed by atoms with Gasteiger partial charge in [0.05, 0.1) is 0 Å². The summed E-state index contributed by atoms with van der Waals surface area (Å²) < 4.78 is 0. The molecule has 2 fully saturated rings. The molecular weight excluding hydrogens is 266 g/mol. The first kappa shape index (κ1) is 13.9. The summed E-state index contributed by atoms with van der Waals surface area (Å²) in [6.45, 7) is 2.75. The Morgan fingerprint density at radius 1 is 1.33 bits per heavy atom. The maximum atomic E-state index is 12.7. The molecule has 1 amide bonds. The van der Waals surface area contributed by atoms with Gasteiger partial charge in [-0.2, -0.15) is 0 Å². The zero-order chi connectivity index (χ0) is 15.0. The minimum absolute atomic E-state index is 0.0882. The maximum absolute atomic E-state index is 12.7. The lowest BCUT2D eigenvalue weighted by atomic mass is 10.00. The highest BCUT2D eigenvalue weighted by Gasteiger charge is 2.40. The summed E-state index contributed by atoms with van der Waals surface area (Å²) in [6, 6.07) is 5.89. The molecule has 1 aliphatic heterocycles. The second-order valence-electron chi connectivity index (χ2n) is 5.98. The third-order valence-electron chi connectivity index (χ3n) is 4.68. The predicted octanol–water partition coefficient (Wildman–Crippen LogP) is 2.72. The molecule has 1 aliphatic carbocycles. The van der Waals surface area contributed by atoms with Crippen molar-refractivity contribution in [2.45, 2.75) is 32.2 Å². The molecule has 0 spiro atoms. The van der Waals surface area contributed by atoms with Crippen LogP contribution in [0, 0.1) is 12.8 Å². The SMILES string of the molecule is Cc1c(C=CC(=O)O)cccc1C(=O)N1CC2CCC1C2. The Hall–Kier alpha value is -2.10. The second-order valence-corrected chi connectivity index (χ2v) is 5.98. The van der Waals surface area contributed by atoms with Gasteiger partial charge in [0.25, 0.3) is 5.91 Å². The number of carboxylic acid groups (broad SMARTS) is 1. The van der Waals surface area contributed by atoms with E-state index in [1.54, 1.807) is 6.08 Å². The zero-order valence-corrected chi connectivity index (χ0v) is 12.1. The lowest BCUT2D eigenvalue weighted by Gasteiger charge is -2.27. The number of rotatable bonds is 3. The molecule has 3 rings (SSSR count). The van der Waals surface area contributed by atoms with Gasteiger partial charge in [0.1, 0.15) is 0 Å². The number of fused-ring (bicyclic) bond motifs is 2. The number of carbonyl (C=O) groups is 2. The first-order valence-corrected chi connectivity index (χ1v) is 7.38. The average Bonchev–Trinajstić information content (AvgIpc) is 3.08. The smallest absolute Gasteiger partial charge is 0.328 e. The third-order valence-corrected chi connectivity index (χ3v) is 4.68. The van der Waals surface area contributed by atoms with Crippen LogP contribution in [0.5, 0.6) is 0 Å². The molecule has 1 saturated carbocycles. The molecule has 0 aromatic heterocycles. The van der Waals surface area contributed by atoms with E-state index >= 15 is 0 Å². The number of carboxylic acids is 1. The number of carbonyl (C=O) groups excluding carboxylic acids is 1. The molecule has 2 unspecified atom stereocenters. The molecule has 2 atom stereocenters. The number of nitrogens with zero attached hydrogens (tertiary/aromatic N) is 1. The summed E-state index contributed by atoms with van der Waals surface area (Å²) in [5, 5.41) is 8.73. The monoisotopic (exact) mass is 285 g/mol. The topological polar surface area (TPSA) is 57.6 Å². The Morgan fingerprint density at radius 2 is 2.14 bits per heavy atom. The van der Waals surface area contributed by atoms with Crippen LogP contribution in [0.25, 0.3) is 6.08 Å². The van der Waals surface area contributed by atoms with Crippen molar-refractivity contribution in [3.8, 4) is 0 Å². The first-order chi connectivity index (χ1) is 10.1. The van der Waals surface area contributed by atoms with Crippen molar-refractivity contribution in [2.24, 2.45) is 5.92 Å². The van der Waals surface area contributed by atoms with Crippen molar-refractivity contribution in [3.63, 3.8) is 0 Å². The molecule has 2 aliphatic rings. The van der Waals surface area contributed by atoms with Crippen molar-refractivity contribution >= 4 is 18.0 Å². The van der Waals surface area contributed by atoms with Gasteiger partial charge >= 0.3 is 5.97 Å². The lowest BCUT2D eigenvalue weighted by Crippen LogP contribution is -2.38. The minimum Gasteiger partial charge on any atom is -0.478 e. The maximum Gasteiger partial charge on any atom is 0.328 e. The minimum atomic E-state index is -0.983. The summed E-state index contributed by atoms with van der Waals surface area (Å²) >= 11 is 0. The number of benzene rings is 1. The molecule has 0 radical (unpaired) electrons. The summed E-state index contributed by atoms with van der Waals surface area (Å²) in [5.41, 5.74) is 2.32. The Bertz CT molecular complexity index is 620. The van der Waals surface area contributed by atoms with Crippen molar-refractivity contribution in [3.05, 3.63) is 41.0 Å². The van der Waals surface area contributed by atoms with E-state index in [4.69, 9.17) is 5.11 Å². The van der Waals surface area contributed by atoms with E-state index in [2.05, 4.69) is 0 Å². The highest BCUT2D eigenvalue weighted by molar-refractivity contribution is 5.97. The van der Waals surface area contributed by atoms with Gasteiger partial charge in [-0.15, -0.1) is 0 Å². The average molecular weight is 285 g/mol. The van der Waals surface area contributed by atoms with Gasteiger partial charge in [-0.3, -0.25) is 4.79 Å². The predicted molar refractivity (Wildman–Crippen MR) is 80.0 cm³/mol. The van der Waals surface area contributed by atoms with Crippen LogP contribution in [-0.4, -0.2) is 34.5 Å². The fourth-order valence-corrected chi connectivity index (χ4v) is 3.55. The van der Waals surface area contributed by atoms with Crippen molar-refractivity contribution in [1.82, 2.24) is 4.90 Å². The van der Waals surface area contributed by atoms with Gasteiger partial charge in [-0.25, -0.2) is 4.79 Å². The van der Waals surface area contributed by atoms with Gasteiger partial charge in [0.15, 0.2) is 0 Å². The normalized spacial score (nSPS) is 24.0. The summed E-state index contributed by atoms with van der Waals surface area (Å²) in [7, 11) is 0. The van der Waals surface area contributed by atoms with Crippen LogP contribution in [0.15, 0.2) is 24.3 Å². The first-order valence-electron chi connectivity index (χ1n) is 7.38. The van der Waals surface area contributed by atoms with E-state index in [-0.39, 0.29) is 5.91 Å². The molecule has 1 aromatic carbocycles. The third kappa shape index (κ3) is 2.58. The van der Waals surface area contributed by atoms with Gasteiger partial charge < -0.3 is 10.0 Å². The fourth-order valence-electron chi connectivity index (χ4n) is 3.55. The Kier molecular flexibility index (Phi) is 3.53. The van der Waals surface area contributed by atoms with E-state index in [9.17, 15) is 9.59 Å². The van der Waals surface area contributed by atoms with Gasteiger partial charge in [0, 0.05) is 24.2 Å². The Morgan fingerprint density at radius 3 is 2.76 bits per heavy atom. The van der Waals surface area contributed by atoms with Crippen LogP contribution in [-0.2, 0) is 4.79 Å². The summed E-state index contributed by atoms with van der Waals surface area (Å²) in [6.07, 6.45) is 6.16. The van der Waals surface area contributed by atoms with Gasteiger partial charge in [-0.1, -0.05) is 12.1 Å². The fraction of sp³-hybridized carbons (Fsp3) is 0.412. The second kappa shape index (κ2) is 5.35. The molecule has 4 heteroatoms. The van der Waals surface area contributed by atoms with Crippen LogP contribution in [0.1, 0.15) is 40.7 Å². The van der Waals surface area contributed by atoms with Crippen LogP contribution in [0.2, 0.25) is 0 Å². The van der Waals surface area contributed by atoms with Crippen molar-refractivity contribution in [2.75, 3.05) is 6.54 Å². The number of hydrogen-bond donors (Lipinski definition) is 1. The van der Waals surface area contributed by atoms with E-state index in [1.807, 2.05) is 30.0 Å². The zero-order valence-electron chi connectivity index (χ0n) is 12.1. The van der Waals surface area contributed by atoms with E-state index < -0.39 is 5.97 Å². The molecule has 1 N–H and O–H groups in total. The van der Waals surface area contributed by atoms with E-state index in [1.165, 1.54) is 6.42 Å². The molecule has 21 heavy (non-hydrogen) atoms. The van der Waals surface area contributed by atoms with Crippen molar-refractivity contribution < 1.29 is 14.7 Å². The highest BCUT2D eigenvalue weighted by atomic mass is 16.4. The molecule has 2 bridgehead atoms. The van der Waals surface area contributed by atoms with Crippen LogP contribution in [0.3, 0.4) is 0 Å². The number of hydrogen-bond acceptors (Lipinski definition) is 2. The van der Waals surface area contributed by atoms with Gasteiger partial charge in [0.2, 0.25) is 0 Å². The van der Waals surface area contributed by atoms with E-state index in [0.29, 0.717) is 17.5 Å². The Labute approximate surface area is 124 Å². The highest BCUT2D eigenvalue weighted by Crippen LogP contribution is 2.38. The lowest BCUT2D eigenvalue weighted by molar-refractivity contribution is -0.131. The molecule has 110 valence electrons. The number of aliphatic carboxylic acids is 1. The number of likely N-dealkylation sites (tertiary alicyclic amines) is 1. The molecule has 1 heterocycles. The Balaban J connectivity index is 1.87. The number of amides is 1. The van der Waals surface area contributed by atoms with Crippen molar-refractivity contribution in [1.29, 1.82) is 0 Å². The molecule has 1 saturated heterocycles. The van der Waals surface area contributed by atoms with Crippen LogP contribution < -0.4 is 0 Å². The van der Waals surface area contributed by atoms with E-state index in [0.717, 1.165) is 36.6 Å². The standard InChI is InChI=1S/C17H19NO3/c1-11-13(6-8-16(19)20)3-2-4-15(11)17(21)18-10-12-5-7-14(18)9-12/h2-4,6,8,12,14H,5,7,9-10H2,1H3,(H,19,20). The molecular formula is C17H19NO3. The molecule has 1 aromatic rings. The van der Waals surface area contributed by atoms with Crippen LogP contribution >= 0.6 is 0 Å². The van der Waals surface area contributed by atoms with Gasteiger partial charge in [-0.05, 0) is 55.4 Å². The largest absolute Gasteiger partial charge is 0.478 e. The summed E-state index contributed by atoms with van der Waals surface area (Å²) in [5.74, 6) is -0.220. The summed E-state index contributed by atoms with van der Waals surface area (Å²) in [4.78, 5) is 25.4. The quantitative estimate of drug-likeness (QED) is 0.869. The molecule has 4 nitrogen and oxygen atoms in total.